The van der Waals surface area contributed by atoms with E-state index in [-0.39, 0.29) is 132 Å². The number of hydrogen-bond acceptors (Lipinski definition) is 22. The smallest absolute Gasteiger partial charge is 0.269 e. The highest BCUT2D eigenvalue weighted by Crippen LogP contribution is 2.39. The van der Waals surface area contributed by atoms with Crippen molar-refractivity contribution < 1.29 is 0 Å². The predicted molar refractivity (Wildman–Crippen MR) is 518 cm³/mol. The van der Waals surface area contributed by atoms with E-state index in [0.717, 1.165) is 84.2 Å². The number of imidazole rings is 4. The van der Waals surface area contributed by atoms with E-state index in [1.54, 1.807) is 56.9 Å². The summed E-state index contributed by atoms with van der Waals surface area (Å²) in [5.74, 6) is 2.28. The summed E-state index contributed by atoms with van der Waals surface area (Å²) in [4.78, 5) is 62.8. The maximum Gasteiger partial charge on any atom is 0.269 e. The highest BCUT2D eigenvalue weighted by Gasteiger charge is 2.24. The van der Waals surface area contributed by atoms with Gasteiger partial charge in [0.05, 0.1) is 73.4 Å². The van der Waals surface area contributed by atoms with E-state index in [1.807, 2.05) is 192 Å². The number of anilines is 5. The van der Waals surface area contributed by atoms with E-state index in [1.165, 1.54) is 25.3 Å². The molecule has 16 rings (SSSR count). The number of halogens is 8. The molecule has 0 aliphatic rings. The first kappa shape index (κ1) is 104. The summed E-state index contributed by atoms with van der Waals surface area (Å²) in [6.45, 7) is 36.8. The standard InChI is InChI=1S/C20H17ClN8.C20H18N8.C19H14ClN7.C14H14N4.C5HCl2N3.CHCl3.2CH4.ClH.4H2S/c1-12(27-20-18(22-2)19(23-3)25-11-26-20)14-9-16-24-10-15(21)29(16)28-17(14)13-7-5-4-6-8-13;1-13(26-20-18(21-2)19(22-3)24-12-25-20)15-11-16-23-9-10-28(16)27-17(15)14-7-5-4-6-8-14;1-12(25-19-17(21-2)18(20)23-11-24-19)14-10-15-22-8-9-27(15)26-16(14)13-6-4-3-5-7-13;1-10(15)12-9-13-16-7-8-18(13)17-14(12)11-5-3-2-4-6-11;1-8-3-4(6)9-2-10-5(3)7;2-1(3)4;;;;;;;/h4-12H,1,3H3,(H2,23,25,26,27);4-13H,1,3H3,(H2,22,24,25,26);3-12H,1H3,(H,23,24,25);2-10H,15H2,1H3;2H;1H;2*1H4;1H;4*1H2/t12-;13-;12-;10-;;;;;;;;;/m1111........./s1. The van der Waals surface area contributed by atoms with Crippen LogP contribution in [0.3, 0.4) is 0 Å². The van der Waals surface area contributed by atoms with Gasteiger partial charge >= 0.3 is 0 Å². The molecule has 0 saturated carbocycles. The Morgan fingerprint density at radius 2 is 0.642 bits per heavy atom. The quantitative estimate of drug-likeness (QED) is 0.0297. The molecule has 0 fully saturated rings. The number of benzene rings is 4. The number of fused-ring (bicyclic) bond motifs is 4. The second-order valence-electron chi connectivity index (χ2n) is 24.4. The fourth-order valence-electron chi connectivity index (χ4n) is 11.5. The lowest BCUT2D eigenvalue weighted by Gasteiger charge is -2.19. The Balaban J connectivity index is 0.000000323. The van der Waals surface area contributed by atoms with Crippen LogP contribution in [0.2, 0.25) is 20.6 Å². The number of nitrogens with two attached hydrogens (primary N) is 1. The number of aromatic nitrogens is 20. The van der Waals surface area contributed by atoms with Crippen LogP contribution in [0.25, 0.3) is 87.0 Å². The highest BCUT2D eigenvalue weighted by atomic mass is 35.6. The van der Waals surface area contributed by atoms with E-state index in [2.05, 4.69) is 111 Å². The van der Waals surface area contributed by atoms with E-state index in [4.69, 9.17) is 129 Å². The predicted octanol–water partition coefficient (Wildman–Crippen LogP) is 22.0. The number of nitrogens with zero attached hydrogens (tertiary/aromatic N) is 24. The molecule has 30 nitrogen and oxygen atoms in total. The monoisotopic (exact) mass is 1880 g/mol. The fourth-order valence-corrected chi connectivity index (χ4v) is 12.3. The largest absolute Gasteiger partial charge is 0.382 e. The van der Waals surface area contributed by atoms with Gasteiger partial charge in [-0.25, -0.2) is 97.2 Å². The van der Waals surface area contributed by atoms with Crippen LogP contribution in [-0.4, -0.2) is 117 Å². The molecule has 0 radical (unpaired) electrons. The minimum absolute atomic E-state index is 0. The van der Waals surface area contributed by atoms with Crippen molar-refractivity contribution in [3.63, 3.8) is 0 Å². The van der Waals surface area contributed by atoms with Gasteiger partial charge < -0.3 is 32.3 Å². The molecule has 16 aromatic rings. The van der Waals surface area contributed by atoms with Crippen molar-refractivity contribution in [1.82, 2.24) is 98.3 Å². The molecule has 12 heterocycles. The van der Waals surface area contributed by atoms with Crippen molar-refractivity contribution in [2.24, 2.45) is 5.73 Å². The van der Waals surface area contributed by atoms with E-state index in [9.17, 15) is 0 Å². The van der Waals surface area contributed by atoms with Crippen molar-refractivity contribution in [2.45, 2.75) is 71.0 Å². The molecule has 123 heavy (non-hydrogen) atoms. The van der Waals surface area contributed by atoms with E-state index in [0.29, 0.717) is 51.3 Å². The topological polar surface area (TPSA) is 327 Å². The van der Waals surface area contributed by atoms with Gasteiger partial charge in [0.25, 0.3) is 22.7 Å². The Bertz CT molecular complexity index is 6230. The highest BCUT2D eigenvalue weighted by molar-refractivity contribution is 7.59. The first-order chi connectivity index (χ1) is 56.2. The Morgan fingerprint density at radius 1 is 0.366 bits per heavy atom. The summed E-state index contributed by atoms with van der Waals surface area (Å²) >= 11 is 37.6. The van der Waals surface area contributed by atoms with E-state index >= 15 is 0 Å². The van der Waals surface area contributed by atoms with Gasteiger partial charge in [-0.2, -0.15) is 74.4 Å². The molecule has 636 valence electrons. The number of rotatable bonds is 16. The third-order valence-electron chi connectivity index (χ3n) is 16.9. The third kappa shape index (κ3) is 26.0. The Labute approximate surface area is 779 Å². The average Bonchev–Trinajstić information content (AvgIpc) is 1.59. The molecular formula is C81H82Cl8N30S4. The Hall–Kier alpha value is -11.7. The molecule has 0 bridgehead atoms. The molecule has 4 atom stereocenters. The van der Waals surface area contributed by atoms with Gasteiger partial charge in [0, 0.05) is 102 Å². The summed E-state index contributed by atoms with van der Waals surface area (Å²) in [6.07, 6.45) is 17.6. The maximum absolute atomic E-state index is 7.49. The van der Waals surface area contributed by atoms with Gasteiger partial charge in [0.1, 0.15) is 69.9 Å². The van der Waals surface area contributed by atoms with Gasteiger partial charge in [-0.05, 0) is 52.0 Å². The number of hydrogen-bond donors (Lipinski definition) is 6. The summed E-state index contributed by atoms with van der Waals surface area (Å²) in [5, 5.41) is 35.3. The lowest BCUT2D eigenvalue weighted by atomic mass is 10.0. The first-order valence-corrected chi connectivity index (χ1v) is 37.5. The summed E-state index contributed by atoms with van der Waals surface area (Å²) in [5.41, 5.74) is 21.2. The maximum atomic E-state index is 7.49. The van der Waals surface area contributed by atoms with Crippen LogP contribution < -0.4 is 32.3 Å². The Morgan fingerprint density at radius 3 is 0.959 bits per heavy atom. The molecule has 0 amide bonds. The lowest BCUT2D eigenvalue weighted by molar-refractivity contribution is 0.798. The molecule has 0 spiro atoms. The number of nitrogens with one attached hydrogen (secondary N) is 5. The molecule has 12 aromatic heterocycles. The molecule has 42 heteroatoms. The third-order valence-corrected chi connectivity index (χ3v) is 18.0. The van der Waals surface area contributed by atoms with Gasteiger partial charge in [0.15, 0.2) is 32.0 Å². The van der Waals surface area contributed by atoms with Crippen LogP contribution in [0.15, 0.2) is 214 Å². The van der Waals surface area contributed by atoms with Crippen LogP contribution in [0, 0.1) is 26.3 Å². The van der Waals surface area contributed by atoms with Crippen molar-refractivity contribution >= 4 is 222 Å². The normalized spacial score (nSPS) is 11.0. The van der Waals surface area contributed by atoms with Crippen molar-refractivity contribution in [2.75, 3.05) is 40.7 Å². The van der Waals surface area contributed by atoms with E-state index < -0.39 is 4.30 Å². The van der Waals surface area contributed by atoms with Crippen molar-refractivity contribution in [1.29, 1.82) is 0 Å². The summed E-state index contributed by atoms with van der Waals surface area (Å²) in [6, 6.07) is 47.1. The Kier molecular flexibility index (Phi) is 42.2. The molecule has 0 aliphatic heterocycles. The minimum Gasteiger partial charge on any atom is -0.382 e. The van der Waals surface area contributed by atoms with Gasteiger partial charge in [-0.3, -0.25) is 0 Å². The molecule has 0 saturated heterocycles. The second kappa shape index (κ2) is 50.0. The van der Waals surface area contributed by atoms with Gasteiger partial charge in [0.2, 0.25) is 0 Å². The fraction of sp³-hybridized carbons (Fsp3) is 0.160. The zero-order chi connectivity index (χ0) is 82.4. The second-order valence-corrected chi connectivity index (χ2v) is 27.8. The SMILES string of the molecule is C.C.C[C@@H](N)c1cc2nccn2nc1-c1ccccc1.Cl.ClC(Cl)Cl.S.S.S.S.[C-]#[N+]c1c(Cl)ncnc1Cl.[C-]#[N+]c1c(Cl)ncnc1N[C@H](C)c1cc2nccn2nc1-c1ccccc1.[C-]#[N+]c1c(NC)ncnc1N[C@H](C)c1cc2ncc(Cl)n2nc1-c1ccccc1.[C-]#[N+]c1c(NC)ncnc1N[C@H](C)c1cc2nccn2nc1-c1ccccc1. The van der Waals surface area contributed by atoms with Crippen molar-refractivity contribution in [3.05, 3.63) is 303 Å². The minimum atomic E-state index is -0.750. The molecule has 0 aliphatic carbocycles. The average molecular weight is 1890 g/mol. The zero-order valence-corrected chi connectivity index (χ0v) is 74.6. The molecule has 7 N–H and O–H groups in total. The van der Waals surface area contributed by atoms with Gasteiger partial charge in [-0.15, -0.1) is 12.4 Å². The van der Waals surface area contributed by atoms with Crippen LogP contribution in [-0.2, 0) is 0 Å². The summed E-state index contributed by atoms with van der Waals surface area (Å²) in [7, 11) is 3.45. The first-order valence-electron chi connectivity index (χ1n) is 34.7. The van der Waals surface area contributed by atoms with Crippen LogP contribution in [0.1, 0.15) is 89.0 Å². The molecule has 4 aromatic carbocycles. The van der Waals surface area contributed by atoms with Crippen LogP contribution in [0.5, 0.6) is 0 Å². The van der Waals surface area contributed by atoms with Crippen LogP contribution in [0.4, 0.5) is 51.8 Å². The number of alkyl halides is 3. The van der Waals surface area contributed by atoms with Crippen molar-refractivity contribution in [3.8, 4) is 45.0 Å². The summed E-state index contributed by atoms with van der Waals surface area (Å²) < 4.78 is 6.13. The lowest BCUT2D eigenvalue weighted by Crippen LogP contribution is -2.12. The molecule has 0 unspecified atom stereocenters. The molecular weight excluding hydrogens is 1800 g/mol. The van der Waals surface area contributed by atoms with Crippen LogP contribution >= 0.6 is 148 Å². The van der Waals surface area contributed by atoms with Gasteiger partial charge in [-0.1, -0.05) is 217 Å². The zero-order valence-electron chi connectivity index (χ0n) is 64.5.